The van der Waals surface area contributed by atoms with Crippen LogP contribution >= 0.6 is 0 Å². The molecule has 7 heteroatoms. The molecule has 2 saturated heterocycles. The van der Waals surface area contributed by atoms with Crippen LogP contribution in [0.2, 0.25) is 0 Å². The number of nitrogens with zero attached hydrogens (tertiary/aromatic N) is 2. The molecular formula is C29H39N3O4. The topological polar surface area (TPSA) is 71.1 Å². The second-order valence-electron chi connectivity index (χ2n) is 10.2. The molecule has 0 aromatic heterocycles. The highest BCUT2D eigenvalue weighted by molar-refractivity contribution is 6.00. The number of hydrogen-bond acceptors (Lipinski definition) is 5. The predicted octanol–water partition coefficient (Wildman–Crippen LogP) is 3.97. The summed E-state index contributed by atoms with van der Waals surface area (Å²) in [4.78, 5) is 29.6. The van der Waals surface area contributed by atoms with Gasteiger partial charge in [0.25, 0.3) is 0 Å². The number of benzene rings is 2. The number of rotatable bonds is 10. The van der Waals surface area contributed by atoms with E-state index in [2.05, 4.69) is 43.2 Å². The Bertz CT molecular complexity index is 1030. The highest BCUT2D eigenvalue weighted by Gasteiger charge is 2.35. The number of amides is 2. The summed E-state index contributed by atoms with van der Waals surface area (Å²) in [6.45, 7) is 8.23. The Morgan fingerprint density at radius 3 is 2.72 bits per heavy atom. The first-order valence-electron chi connectivity index (χ1n) is 13.1. The van der Waals surface area contributed by atoms with Crippen LogP contribution in [0.1, 0.15) is 50.2 Å². The molecule has 36 heavy (non-hydrogen) atoms. The van der Waals surface area contributed by atoms with E-state index >= 15 is 0 Å². The fraction of sp³-hybridized carbons (Fsp3) is 0.517. The molecule has 2 aromatic rings. The average molecular weight is 494 g/mol. The molecule has 2 aliphatic heterocycles. The lowest BCUT2D eigenvalue weighted by atomic mass is 10.0. The highest BCUT2D eigenvalue weighted by atomic mass is 16.5. The van der Waals surface area contributed by atoms with Gasteiger partial charge in [0.15, 0.2) is 0 Å². The van der Waals surface area contributed by atoms with Gasteiger partial charge in [0.2, 0.25) is 11.8 Å². The lowest BCUT2D eigenvalue weighted by Crippen LogP contribution is -2.38. The van der Waals surface area contributed by atoms with E-state index in [-0.39, 0.29) is 24.2 Å². The van der Waals surface area contributed by atoms with Crippen molar-refractivity contribution in [2.24, 2.45) is 5.92 Å². The molecule has 4 rings (SSSR count). The van der Waals surface area contributed by atoms with Crippen molar-refractivity contribution in [1.29, 1.82) is 0 Å². The van der Waals surface area contributed by atoms with Crippen LogP contribution in [0, 0.1) is 5.92 Å². The zero-order valence-electron chi connectivity index (χ0n) is 21.7. The average Bonchev–Trinajstić information content (AvgIpc) is 3.29. The zero-order valence-corrected chi connectivity index (χ0v) is 21.7. The van der Waals surface area contributed by atoms with Crippen LogP contribution in [0.5, 0.6) is 5.75 Å². The summed E-state index contributed by atoms with van der Waals surface area (Å²) in [5.74, 6) is 0.747. The fourth-order valence-electron chi connectivity index (χ4n) is 4.88. The highest BCUT2D eigenvalue weighted by Crippen LogP contribution is 2.28. The van der Waals surface area contributed by atoms with Crippen LogP contribution in [-0.2, 0) is 20.9 Å². The van der Waals surface area contributed by atoms with Crippen molar-refractivity contribution in [3.8, 4) is 5.75 Å². The minimum Gasteiger partial charge on any atom is -0.492 e. The van der Waals surface area contributed by atoms with E-state index in [1.165, 1.54) is 5.56 Å². The fourth-order valence-corrected chi connectivity index (χ4v) is 4.88. The van der Waals surface area contributed by atoms with Gasteiger partial charge in [-0.05, 0) is 61.2 Å². The zero-order chi connectivity index (χ0) is 25.5. The molecule has 2 aromatic carbocycles. The van der Waals surface area contributed by atoms with Gasteiger partial charge in [0.05, 0.1) is 5.92 Å². The Labute approximate surface area is 214 Å². The summed E-state index contributed by atoms with van der Waals surface area (Å²) in [5, 5.41) is 3.01. The van der Waals surface area contributed by atoms with Crippen LogP contribution in [0.3, 0.4) is 0 Å². The Morgan fingerprint density at radius 1 is 1.17 bits per heavy atom. The lowest BCUT2D eigenvalue weighted by Gasteiger charge is -2.31. The van der Waals surface area contributed by atoms with Gasteiger partial charge in [0.1, 0.15) is 12.4 Å². The third-order valence-corrected chi connectivity index (χ3v) is 7.24. The maximum absolute atomic E-state index is 12.9. The minimum atomic E-state index is -0.347. The molecule has 0 spiro atoms. The molecule has 0 saturated carbocycles. The first kappa shape index (κ1) is 26.2. The first-order valence-corrected chi connectivity index (χ1v) is 13.1. The smallest absolute Gasteiger partial charge is 0.227 e. The van der Waals surface area contributed by atoms with Gasteiger partial charge < -0.3 is 19.7 Å². The van der Waals surface area contributed by atoms with Crippen molar-refractivity contribution >= 4 is 17.5 Å². The van der Waals surface area contributed by atoms with Gasteiger partial charge in [-0.1, -0.05) is 38.1 Å². The van der Waals surface area contributed by atoms with Crippen molar-refractivity contribution in [3.63, 3.8) is 0 Å². The van der Waals surface area contributed by atoms with Crippen molar-refractivity contribution < 1.29 is 19.1 Å². The van der Waals surface area contributed by atoms with Crippen LogP contribution in [0.4, 0.5) is 5.69 Å². The second kappa shape index (κ2) is 12.4. The van der Waals surface area contributed by atoms with Crippen LogP contribution in [0.15, 0.2) is 48.5 Å². The quantitative estimate of drug-likeness (QED) is 0.542. The molecule has 2 aliphatic rings. The molecule has 0 bridgehead atoms. The van der Waals surface area contributed by atoms with Crippen molar-refractivity contribution in [3.05, 3.63) is 59.7 Å². The lowest BCUT2D eigenvalue weighted by molar-refractivity contribution is -0.126. The van der Waals surface area contributed by atoms with Crippen LogP contribution in [0.25, 0.3) is 0 Å². The third kappa shape index (κ3) is 6.86. The molecule has 7 nitrogen and oxygen atoms in total. The van der Waals surface area contributed by atoms with E-state index in [4.69, 9.17) is 9.47 Å². The van der Waals surface area contributed by atoms with Gasteiger partial charge in [-0.2, -0.15) is 0 Å². The van der Waals surface area contributed by atoms with E-state index in [0.717, 1.165) is 49.6 Å². The molecule has 0 aliphatic carbocycles. The number of nitrogens with one attached hydrogen (secondary N) is 1. The Kier molecular flexibility index (Phi) is 8.99. The van der Waals surface area contributed by atoms with Crippen molar-refractivity contribution in [1.82, 2.24) is 10.2 Å². The maximum Gasteiger partial charge on any atom is 0.227 e. The summed E-state index contributed by atoms with van der Waals surface area (Å²) >= 11 is 0. The summed E-state index contributed by atoms with van der Waals surface area (Å²) in [6, 6.07) is 16.4. The summed E-state index contributed by atoms with van der Waals surface area (Å²) < 4.78 is 11.4. The largest absolute Gasteiger partial charge is 0.492 e. The maximum atomic E-state index is 12.9. The van der Waals surface area contributed by atoms with Gasteiger partial charge in [-0.15, -0.1) is 0 Å². The molecule has 2 fully saturated rings. The number of hydrogen-bond donors (Lipinski definition) is 1. The molecular weight excluding hydrogens is 454 g/mol. The monoisotopic (exact) mass is 493 g/mol. The van der Waals surface area contributed by atoms with Gasteiger partial charge in [0, 0.05) is 51.0 Å². The van der Waals surface area contributed by atoms with Gasteiger partial charge >= 0.3 is 0 Å². The number of likely N-dealkylation sites (N-methyl/N-ethyl adjacent to an activating group) is 1. The SMILES string of the molecule is CC(C)c1cccc(N2CC(C(=O)NCc3cccc(OCCN(C)C4CCOCC4)c3)CC2=O)c1. The number of anilines is 1. The molecule has 0 radical (unpaired) electrons. The van der Waals surface area contributed by atoms with Gasteiger partial charge in [-0.25, -0.2) is 0 Å². The molecule has 1 unspecified atom stereocenters. The van der Waals surface area contributed by atoms with Crippen molar-refractivity contribution in [2.45, 2.75) is 51.6 Å². The number of carbonyl (C=O) groups excluding carboxylic acids is 2. The molecule has 2 amide bonds. The molecule has 1 N–H and O–H groups in total. The van der Waals surface area contributed by atoms with Crippen molar-refractivity contribution in [2.75, 3.05) is 44.9 Å². The number of ether oxygens (including phenoxy) is 2. The Hall–Kier alpha value is -2.90. The Morgan fingerprint density at radius 2 is 1.94 bits per heavy atom. The van der Waals surface area contributed by atoms with E-state index in [9.17, 15) is 9.59 Å². The van der Waals surface area contributed by atoms with E-state index in [0.29, 0.717) is 31.7 Å². The third-order valence-electron chi connectivity index (χ3n) is 7.24. The first-order chi connectivity index (χ1) is 17.4. The molecule has 194 valence electrons. The summed E-state index contributed by atoms with van der Waals surface area (Å²) in [6.07, 6.45) is 2.38. The standard InChI is InChI=1S/C29H39N3O4/c1-21(2)23-7-5-8-26(17-23)32-20-24(18-28(32)33)29(34)30-19-22-6-4-9-27(16-22)36-15-12-31(3)25-10-13-35-14-11-25/h4-9,16-17,21,24-25H,10-15,18-20H2,1-3H3,(H,30,34). The normalized spacial score (nSPS) is 18.8. The molecule has 2 heterocycles. The summed E-state index contributed by atoms with van der Waals surface area (Å²) in [5.41, 5.74) is 3.03. The van der Waals surface area contributed by atoms with Crippen LogP contribution < -0.4 is 15.0 Å². The van der Waals surface area contributed by atoms with E-state index in [1.54, 1.807) is 4.90 Å². The second-order valence-corrected chi connectivity index (χ2v) is 10.2. The Balaban J connectivity index is 1.24. The predicted molar refractivity (Wildman–Crippen MR) is 141 cm³/mol. The summed E-state index contributed by atoms with van der Waals surface area (Å²) in [7, 11) is 2.14. The van der Waals surface area contributed by atoms with E-state index in [1.807, 2.05) is 36.4 Å². The number of carbonyl (C=O) groups is 2. The minimum absolute atomic E-state index is 0.00262. The molecule has 1 atom stereocenters. The van der Waals surface area contributed by atoms with Crippen LogP contribution in [-0.4, -0.2) is 62.7 Å². The van der Waals surface area contributed by atoms with E-state index < -0.39 is 0 Å². The van der Waals surface area contributed by atoms with Gasteiger partial charge in [-0.3, -0.25) is 14.5 Å².